The lowest BCUT2D eigenvalue weighted by molar-refractivity contribution is 0.415. The topological polar surface area (TPSA) is 21.3 Å². The van der Waals surface area contributed by atoms with Crippen molar-refractivity contribution in [3.8, 4) is 5.75 Å². The minimum absolute atomic E-state index is 0.580. The Bertz CT molecular complexity index is 536. The first kappa shape index (κ1) is 13.9. The van der Waals surface area contributed by atoms with Crippen molar-refractivity contribution in [1.82, 2.24) is 5.32 Å². The van der Waals surface area contributed by atoms with Gasteiger partial charge in [0.25, 0.3) is 0 Å². The summed E-state index contributed by atoms with van der Waals surface area (Å²) < 4.78 is 5.25. The predicted octanol–water partition coefficient (Wildman–Crippen LogP) is 3.78. The van der Waals surface area contributed by atoms with E-state index in [1.54, 1.807) is 7.11 Å². The lowest BCUT2D eigenvalue weighted by Crippen LogP contribution is -2.25. The Kier molecular flexibility index (Phi) is 4.80. The van der Waals surface area contributed by atoms with Gasteiger partial charge in [0, 0.05) is 6.04 Å². The molecule has 2 nitrogen and oxygen atoms in total. The number of rotatable bonds is 6. The van der Waals surface area contributed by atoms with Crippen molar-refractivity contribution in [3.63, 3.8) is 0 Å². The molecule has 0 heterocycles. The Labute approximate surface area is 115 Å². The molecule has 2 aromatic rings. The minimum Gasteiger partial charge on any atom is -0.497 e. The molecule has 0 aromatic heterocycles. The van der Waals surface area contributed by atoms with E-state index in [0.717, 1.165) is 18.7 Å². The SMILES string of the molecule is CCNC(C)CCc1ccc2cc(OC)ccc2c1. The number of hydrogen-bond donors (Lipinski definition) is 1. The molecule has 0 radical (unpaired) electrons. The van der Waals surface area contributed by atoms with Gasteiger partial charge in [-0.05, 0) is 54.8 Å². The van der Waals surface area contributed by atoms with Gasteiger partial charge < -0.3 is 10.1 Å². The molecule has 0 spiro atoms. The molecule has 0 amide bonds. The van der Waals surface area contributed by atoms with Gasteiger partial charge in [-0.15, -0.1) is 0 Å². The number of hydrogen-bond acceptors (Lipinski definition) is 2. The van der Waals surface area contributed by atoms with Gasteiger partial charge in [0.05, 0.1) is 7.11 Å². The molecule has 102 valence electrons. The number of methoxy groups -OCH3 is 1. The number of aryl methyl sites for hydroxylation is 1. The van der Waals surface area contributed by atoms with E-state index in [2.05, 4.69) is 49.5 Å². The van der Waals surface area contributed by atoms with Gasteiger partial charge in [0.15, 0.2) is 0 Å². The molecule has 0 fully saturated rings. The Morgan fingerprint density at radius 1 is 1.11 bits per heavy atom. The van der Waals surface area contributed by atoms with Gasteiger partial charge in [0.1, 0.15) is 5.75 Å². The molecular formula is C17H23NO. The van der Waals surface area contributed by atoms with E-state index in [9.17, 15) is 0 Å². The van der Waals surface area contributed by atoms with Crippen LogP contribution >= 0.6 is 0 Å². The summed E-state index contributed by atoms with van der Waals surface area (Å²) in [7, 11) is 1.71. The van der Waals surface area contributed by atoms with E-state index in [1.807, 2.05) is 6.07 Å². The molecule has 1 atom stereocenters. The van der Waals surface area contributed by atoms with Crippen LogP contribution in [0.15, 0.2) is 36.4 Å². The second-order valence-corrected chi connectivity index (χ2v) is 5.04. The maximum Gasteiger partial charge on any atom is 0.119 e. The fourth-order valence-corrected chi connectivity index (χ4v) is 2.39. The molecule has 0 aliphatic rings. The van der Waals surface area contributed by atoms with Gasteiger partial charge in [-0.25, -0.2) is 0 Å². The number of benzene rings is 2. The van der Waals surface area contributed by atoms with Gasteiger partial charge in [-0.3, -0.25) is 0 Å². The van der Waals surface area contributed by atoms with E-state index in [4.69, 9.17) is 4.74 Å². The monoisotopic (exact) mass is 257 g/mol. The van der Waals surface area contributed by atoms with Crippen molar-refractivity contribution in [2.75, 3.05) is 13.7 Å². The zero-order valence-corrected chi connectivity index (χ0v) is 12.1. The quantitative estimate of drug-likeness (QED) is 0.850. The highest BCUT2D eigenvalue weighted by atomic mass is 16.5. The second kappa shape index (κ2) is 6.58. The normalized spacial score (nSPS) is 12.6. The van der Waals surface area contributed by atoms with E-state index >= 15 is 0 Å². The van der Waals surface area contributed by atoms with Crippen molar-refractivity contribution < 1.29 is 4.74 Å². The van der Waals surface area contributed by atoms with E-state index < -0.39 is 0 Å². The van der Waals surface area contributed by atoms with Gasteiger partial charge in [-0.2, -0.15) is 0 Å². The molecule has 2 heteroatoms. The van der Waals surface area contributed by atoms with Crippen molar-refractivity contribution in [3.05, 3.63) is 42.0 Å². The minimum atomic E-state index is 0.580. The lowest BCUT2D eigenvalue weighted by Gasteiger charge is -2.12. The standard InChI is InChI=1S/C17H23NO/c1-4-18-13(2)5-6-14-7-8-16-12-17(19-3)10-9-15(16)11-14/h7-13,18H,4-6H2,1-3H3. The molecule has 0 bridgehead atoms. The molecule has 1 N–H and O–H groups in total. The van der Waals surface area contributed by atoms with Gasteiger partial charge in [0.2, 0.25) is 0 Å². The lowest BCUT2D eigenvalue weighted by atomic mass is 10.0. The van der Waals surface area contributed by atoms with Crippen LogP contribution in [0.5, 0.6) is 5.75 Å². The fourth-order valence-electron chi connectivity index (χ4n) is 2.39. The van der Waals surface area contributed by atoms with E-state index in [0.29, 0.717) is 6.04 Å². The molecule has 2 aromatic carbocycles. The summed E-state index contributed by atoms with van der Waals surface area (Å²) in [4.78, 5) is 0. The highest BCUT2D eigenvalue weighted by Gasteiger charge is 2.02. The zero-order valence-electron chi connectivity index (χ0n) is 12.1. The smallest absolute Gasteiger partial charge is 0.119 e. The van der Waals surface area contributed by atoms with Crippen LogP contribution in [-0.4, -0.2) is 19.7 Å². The van der Waals surface area contributed by atoms with Crippen LogP contribution in [0, 0.1) is 0 Å². The summed E-state index contributed by atoms with van der Waals surface area (Å²) >= 11 is 0. The van der Waals surface area contributed by atoms with E-state index in [-0.39, 0.29) is 0 Å². The molecule has 19 heavy (non-hydrogen) atoms. The third-order valence-electron chi connectivity index (χ3n) is 3.53. The summed E-state index contributed by atoms with van der Waals surface area (Å²) in [6.45, 7) is 5.44. The molecular weight excluding hydrogens is 234 g/mol. The first-order valence-corrected chi connectivity index (χ1v) is 7.03. The van der Waals surface area contributed by atoms with Crippen LogP contribution in [0.4, 0.5) is 0 Å². The summed E-state index contributed by atoms with van der Waals surface area (Å²) in [6, 6.07) is 13.5. The second-order valence-electron chi connectivity index (χ2n) is 5.04. The first-order chi connectivity index (χ1) is 9.22. The predicted molar refractivity (Wildman–Crippen MR) is 82.0 cm³/mol. The zero-order chi connectivity index (χ0) is 13.7. The highest BCUT2D eigenvalue weighted by Crippen LogP contribution is 2.22. The maximum absolute atomic E-state index is 5.25. The van der Waals surface area contributed by atoms with Crippen molar-refractivity contribution in [2.24, 2.45) is 0 Å². The largest absolute Gasteiger partial charge is 0.497 e. The third-order valence-corrected chi connectivity index (χ3v) is 3.53. The summed E-state index contributed by atoms with van der Waals surface area (Å²) in [5, 5.41) is 5.98. The molecule has 0 saturated carbocycles. The van der Waals surface area contributed by atoms with Gasteiger partial charge in [-0.1, -0.05) is 31.2 Å². The van der Waals surface area contributed by atoms with Crippen LogP contribution < -0.4 is 10.1 Å². The Morgan fingerprint density at radius 3 is 2.58 bits per heavy atom. The Morgan fingerprint density at radius 2 is 1.84 bits per heavy atom. The number of fused-ring (bicyclic) bond motifs is 1. The molecule has 1 unspecified atom stereocenters. The van der Waals surface area contributed by atoms with Crippen molar-refractivity contribution >= 4 is 10.8 Å². The fraction of sp³-hybridized carbons (Fsp3) is 0.412. The van der Waals surface area contributed by atoms with Crippen molar-refractivity contribution in [1.29, 1.82) is 0 Å². The van der Waals surface area contributed by atoms with E-state index in [1.165, 1.54) is 22.8 Å². The van der Waals surface area contributed by atoms with Crippen LogP contribution in [-0.2, 0) is 6.42 Å². The van der Waals surface area contributed by atoms with Crippen LogP contribution in [0.25, 0.3) is 10.8 Å². The van der Waals surface area contributed by atoms with Gasteiger partial charge >= 0.3 is 0 Å². The maximum atomic E-state index is 5.25. The molecule has 2 rings (SSSR count). The van der Waals surface area contributed by atoms with Crippen LogP contribution in [0.1, 0.15) is 25.8 Å². The van der Waals surface area contributed by atoms with Crippen molar-refractivity contribution in [2.45, 2.75) is 32.7 Å². The van der Waals surface area contributed by atoms with Crippen LogP contribution in [0.3, 0.4) is 0 Å². The number of ether oxygens (including phenoxy) is 1. The first-order valence-electron chi connectivity index (χ1n) is 7.03. The average molecular weight is 257 g/mol. The van der Waals surface area contributed by atoms with Crippen LogP contribution in [0.2, 0.25) is 0 Å². The summed E-state index contributed by atoms with van der Waals surface area (Å²) in [5.74, 6) is 0.918. The summed E-state index contributed by atoms with van der Waals surface area (Å²) in [6.07, 6.45) is 2.30. The Hall–Kier alpha value is -1.54. The number of nitrogens with one attached hydrogen (secondary N) is 1. The summed E-state index contributed by atoms with van der Waals surface area (Å²) in [5.41, 5.74) is 1.41. The average Bonchev–Trinajstić information content (AvgIpc) is 2.44. The Balaban J connectivity index is 2.09. The molecule has 0 saturated heterocycles. The highest BCUT2D eigenvalue weighted by molar-refractivity contribution is 5.84. The third kappa shape index (κ3) is 3.71. The molecule has 0 aliphatic carbocycles. The molecule has 0 aliphatic heterocycles.